The summed E-state index contributed by atoms with van der Waals surface area (Å²) in [6.07, 6.45) is 6.83. The van der Waals surface area contributed by atoms with Crippen molar-refractivity contribution in [2.45, 2.75) is 6.42 Å². The van der Waals surface area contributed by atoms with E-state index in [2.05, 4.69) is 0 Å². The van der Waals surface area contributed by atoms with Crippen LogP contribution in [0.15, 0.2) is 23.3 Å². The first kappa shape index (κ1) is 7.48. The van der Waals surface area contributed by atoms with Crippen molar-refractivity contribution in [1.29, 1.82) is 0 Å². The normalized spacial score (nSPS) is 15.9. The van der Waals surface area contributed by atoms with Crippen molar-refractivity contribution in [3.63, 3.8) is 0 Å². The van der Waals surface area contributed by atoms with E-state index in [0.717, 1.165) is 11.5 Å². The molecule has 0 aliphatic heterocycles. The van der Waals surface area contributed by atoms with Crippen LogP contribution in [-0.4, -0.2) is 0 Å². The summed E-state index contributed by atoms with van der Waals surface area (Å²) in [5.74, 6) is 0. The minimum atomic E-state index is 0. The number of hydrogen-bond donors (Lipinski definition) is 0. The maximum atomic E-state index is 5.51. The quantitative estimate of drug-likeness (QED) is 0.461. The second-order valence-electron chi connectivity index (χ2n) is 1.25. The average molecular weight is 148 g/mol. The van der Waals surface area contributed by atoms with Crippen LogP contribution in [-0.2, 0) is 21.7 Å². The SMILES string of the molecule is ClC1=CC=CC1.[Ti+2]. The van der Waals surface area contributed by atoms with Gasteiger partial charge in [0.1, 0.15) is 0 Å². The van der Waals surface area contributed by atoms with Crippen LogP contribution in [0.4, 0.5) is 0 Å². The molecule has 0 bridgehead atoms. The van der Waals surface area contributed by atoms with Gasteiger partial charge in [0.25, 0.3) is 0 Å². The maximum Gasteiger partial charge on any atom is 2.00 e. The molecule has 0 saturated heterocycles. The summed E-state index contributed by atoms with van der Waals surface area (Å²) in [4.78, 5) is 0. The van der Waals surface area contributed by atoms with Crippen LogP contribution in [0.5, 0.6) is 0 Å². The van der Waals surface area contributed by atoms with Gasteiger partial charge in [-0.05, 0) is 6.08 Å². The van der Waals surface area contributed by atoms with E-state index in [1.807, 2.05) is 18.2 Å². The van der Waals surface area contributed by atoms with Gasteiger partial charge >= 0.3 is 21.7 Å². The molecule has 0 heterocycles. The smallest absolute Gasteiger partial charge is 0.0888 e. The minimum Gasteiger partial charge on any atom is -0.0888 e. The van der Waals surface area contributed by atoms with Gasteiger partial charge in [0.15, 0.2) is 0 Å². The summed E-state index contributed by atoms with van der Waals surface area (Å²) < 4.78 is 0. The molecule has 1 aliphatic rings. The van der Waals surface area contributed by atoms with Crippen molar-refractivity contribution >= 4 is 11.6 Å². The van der Waals surface area contributed by atoms with E-state index in [0.29, 0.717) is 0 Å². The van der Waals surface area contributed by atoms with Crippen molar-refractivity contribution < 1.29 is 21.7 Å². The van der Waals surface area contributed by atoms with Crippen LogP contribution in [0, 0.1) is 0 Å². The standard InChI is InChI=1S/C5H5Cl.Ti/c6-5-3-1-2-4-5;/h1-3H,4H2;/q;+2. The van der Waals surface area contributed by atoms with E-state index in [1.54, 1.807) is 0 Å². The Morgan fingerprint density at radius 1 is 1.57 bits per heavy atom. The van der Waals surface area contributed by atoms with Gasteiger partial charge in [-0.15, -0.1) is 0 Å². The minimum absolute atomic E-state index is 0. The molecule has 0 amide bonds. The topological polar surface area (TPSA) is 0 Å². The molecule has 0 saturated carbocycles. The molecular formula is C5H5ClTi+2. The van der Waals surface area contributed by atoms with E-state index >= 15 is 0 Å². The van der Waals surface area contributed by atoms with Crippen LogP contribution in [0.2, 0.25) is 0 Å². The van der Waals surface area contributed by atoms with Crippen LogP contribution in [0.25, 0.3) is 0 Å². The molecule has 0 N–H and O–H groups in total. The van der Waals surface area contributed by atoms with E-state index < -0.39 is 0 Å². The van der Waals surface area contributed by atoms with Gasteiger partial charge in [0.05, 0.1) is 0 Å². The number of rotatable bonds is 0. The number of allylic oxidation sites excluding steroid dienone is 4. The van der Waals surface area contributed by atoms with Crippen LogP contribution < -0.4 is 0 Å². The van der Waals surface area contributed by atoms with Gasteiger partial charge < -0.3 is 0 Å². The summed E-state index contributed by atoms with van der Waals surface area (Å²) in [6, 6.07) is 0. The molecule has 0 aromatic heterocycles. The molecule has 0 atom stereocenters. The maximum absolute atomic E-state index is 5.51. The van der Waals surface area contributed by atoms with Gasteiger partial charge in [-0.3, -0.25) is 0 Å². The molecule has 0 nitrogen and oxygen atoms in total. The molecule has 1 rings (SSSR count). The molecule has 34 valence electrons. The molecule has 0 unspecified atom stereocenters. The first-order chi connectivity index (χ1) is 2.89. The van der Waals surface area contributed by atoms with Crippen molar-refractivity contribution in [1.82, 2.24) is 0 Å². The Balaban J connectivity index is 0.000000360. The van der Waals surface area contributed by atoms with Crippen LogP contribution in [0.3, 0.4) is 0 Å². The fourth-order valence-corrected chi connectivity index (χ4v) is 0.583. The average Bonchev–Trinajstić information content (AvgIpc) is 1.86. The molecule has 0 spiro atoms. The zero-order valence-electron chi connectivity index (χ0n) is 3.82. The summed E-state index contributed by atoms with van der Waals surface area (Å²) in [5.41, 5.74) is 0. The zero-order valence-corrected chi connectivity index (χ0v) is 6.13. The molecule has 2 heteroatoms. The Kier molecular flexibility index (Phi) is 3.72. The molecule has 1 aliphatic carbocycles. The fraction of sp³-hybridized carbons (Fsp3) is 0.200. The predicted molar refractivity (Wildman–Crippen MR) is 27.7 cm³/mol. The Hall–Kier alpha value is 0.484. The first-order valence-corrected chi connectivity index (χ1v) is 2.28. The molecular weight excluding hydrogens is 143 g/mol. The van der Waals surface area contributed by atoms with E-state index in [9.17, 15) is 0 Å². The Morgan fingerprint density at radius 2 is 2.29 bits per heavy atom. The third kappa shape index (κ3) is 2.33. The van der Waals surface area contributed by atoms with E-state index in [-0.39, 0.29) is 21.7 Å². The van der Waals surface area contributed by atoms with Crippen molar-refractivity contribution in [2.24, 2.45) is 0 Å². The second-order valence-corrected chi connectivity index (χ2v) is 1.73. The van der Waals surface area contributed by atoms with Gasteiger partial charge in [0.2, 0.25) is 0 Å². The van der Waals surface area contributed by atoms with Crippen LogP contribution in [0.1, 0.15) is 6.42 Å². The van der Waals surface area contributed by atoms with Gasteiger partial charge in [-0.2, -0.15) is 0 Å². The Morgan fingerprint density at radius 3 is 2.43 bits per heavy atom. The summed E-state index contributed by atoms with van der Waals surface area (Å²) in [7, 11) is 0. The van der Waals surface area contributed by atoms with Gasteiger partial charge in [-0.1, -0.05) is 23.8 Å². The monoisotopic (exact) mass is 148 g/mol. The summed E-state index contributed by atoms with van der Waals surface area (Å²) in [5, 5.41) is 0.940. The van der Waals surface area contributed by atoms with Gasteiger partial charge in [-0.25, -0.2) is 0 Å². The van der Waals surface area contributed by atoms with E-state index in [1.165, 1.54) is 0 Å². The Bertz CT molecular complexity index is 105. The Labute approximate surface area is 63.1 Å². The number of hydrogen-bond acceptors (Lipinski definition) is 0. The first-order valence-electron chi connectivity index (χ1n) is 1.91. The molecule has 0 fully saturated rings. The van der Waals surface area contributed by atoms with Crippen LogP contribution >= 0.6 is 11.6 Å². The van der Waals surface area contributed by atoms with E-state index in [4.69, 9.17) is 11.6 Å². The summed E-state index contributed by atoms with van der Waals surface area (Å²) >= 11 is 5.51. The fourth-order valence-electron chi connectivity index (χ4n) is 0.421. The van der Waals surface area contributed by atoms with Crippen molar-refractivity contribution in [2.75, 3.05) is 0 Å². The third-order valence-corrected chi connectivity index (χ3v) is 1.01. The zero-order chi connectivity index (χ0) is 4.41. The summed E-state index contributed by atoms with van der Waals surface area (Å²) in [6.45, 7) is 0. The van der Waals surface area contributed by atoms with Gasteiger partial charge in [0, 0.05) is 11.5 Å². The third-order valence-electron chi connectivity index (χ3n) is 0.726. The predicted octanol–water partition coefficient (Wildman–Crippen LogP) is 2.07. The molecule has 0 aromatic rings. The number of halogens is 1. The molecule has 7 heavy (non-hydrogen) atoms. The molecule has 0 aromatic carbocycles. The van der Waals surface area contributed by atoms with Crippen molar-refractivity contribution in [3.05, 3.63) is 23.3 Å². The second kappa shape index (κ2) is 3.48. The van der Waals surface area contributed by atoms with Crippen molar-refractivity contribution in [3.8, 4) is 0 Å². The molecule has 0 radical (unpaired) electrons. The largest absolute Gasteiger partial charge is 2.00 e.